The van der Waals surface area contributed by atoms with Crippen molar-refractivity contribution in [2.45, 2.75) is 19.8 Å². The van der Waals surface area contributed by atoms with Gasteiger partial charge in [-0.15, -0.1) is 0 Å². The van der Waals surface area contributed by atoms with Crippen molar-refractivity contribution in [2.75, 3.05) is 13.2 Å². The van der Waals surface area contributed by atoms with Crippen molar-refractivity contribution in [2.24, 2.45) is 0 Å². The van der Waals surface area contributed by atoms with E-state index in [1.807, 2.05) is 25.1 Å². The summed E-state index contributed by atoms with van der Waals surface area (Å²) in [6.45, 7) is 2.37. The Hall–Kier alpha value is -0.860. The summed E-state index contributed by atoms with van der Waals surface area (Å²) >= 11 is 0. The highest BCUT2D eigenvalue weighted by atomic mass is 16.3. The molecule has 13 heavy (non-hydrogen) atoms. The molecule has 0 saturated heterocycles. The Bertz CT molecular complexity index is 269. The van der Waals surface area contributed by atoms with E-state index in [1.54, 1.807) is 0 Å². The molecule has 1 aromatic carbocycles. The monoisotopic (exact) mass is 180 g/mol. The smallest absolute Gasteiger partial charge is 0.0471 e. The highest BCUT2D eigenvalue weighted by Crippen LogP contribution is 2.15. The molecule has 2 heteroatoms. The number of rotatable bonds is 4. The first-order valence-corrected chi connectivity index (χ1v) is 4.58. The van der Waals surface area contributed by atoms with Gasteiger partial charge in [0.05, 0.1) is 0 Å². The third-order valence-electron chi connectivity index (χ3n) is 2.25. The molecule has 0 unspecified atom stereocenters. The average molecular weight is 180 g/mol. The Morgan fingerprint density at radius 1 is 1.08 bits per heavy atom. The lowest BCUT2D eigenvalue weighted by Gasteiger charge is -2.10. The largest absolute Gasteiger partial charge is 0.396 e. The highest BCUT2D eigenvalue weighted by molar-refractivity contribution is 5.34. The molecular weight excluding hydrogens is 164 g/mol. The van der Waals surface area contributed by atoms with Gasteiger partial charge in [-0.05, 0) is 36.5 Å². The molecule has 0 spiro atoms. The Kier molecular flexibility index (Phi) is 3.93. The number of hydrogen-bond donors (Lipinski definition) is 2. The van der Waals surface area contributed by atoms with Gasteiger partial charge < -0.3 is 10.2 Å². The highest BCUT2D eigenvalue weighted by Gasteiger charge is 2.03. The van der Waals surface area contributed by atoms with Gasteiger partial charge in [0.1, 0.15) is 0 Å². The molecule has 2 nitrogen and oxygen atoms in total. The van der Waals surface area contributed by atoms with Crippen LogP contribution < -0.4 is 0 Å². The Morgan fingerprint density at radius 3 is 2.38 bits per heavy atom. The lowest BCUT2D eigenvalue weighted by atomic mass is 9.97. The average Bonchev–Trinajstić information content (AvgIpc) is 2.11. The van der Waals surface area contributed by atoms with Crippen LogP contribution in [0.3, 0.4) is 0 Å². The third kappa shape index (κ3) is 2.54. The molecule has 0 bridgehead atoms. The van der Waals surface area contributed by atoms with Crippen LogP contribution in [0.1, 0.15) is 16.7 Å². The van der Waals surface area contributed by atoms with Crippen LogP contribution in [0.25, 0.3) is 0 Å². The molecule has 0 heterocycles. The summed E-state index contributed by atoms with van der Waals surface area (Å²) in [4.78, 5) is 0. The second-order valence-corrected chi connectivity index (χ2v) is 3.16. The SMILES string of the molecule is Cc1cccc(CCO)c1CCO. The van der Waals surface area contributed by atoms with E-state index >= 15 is 0 Å². The zero-order valence-electron chi connectivity index (χ0n) is 7.95. The zero-order valence-corrected chi connectivity index (χ0v) is 7.95. The van der Waals surface area contributed by atoms with E-state index in [0.29, 0.717) is 12.8 Å². The molecule has 0 radical (unpaired) electrons. The fraction of sp³-hybridized carbons (Fsp3) is 0.455. The molecule has 1 rings (SSSR count). The van der Waals surface area contributed by atoms with E-state index in [2.05, 4.69) is 0 Å². The zero-order chi connectivity index (χ0) is 9.68. The minimum absolute atomic E-state index is 0.169. The molecule has 0 aliphatic rings. The van der Waals surface area contributed by atoms with Gasteiger partial charge in [-0.25, -0.2) is 0 Å². The normalized spacial score (nSPS) is 10.4. The lowest BCUT2D eigenvalue weighted by Crippen LogP contribution is -2.02. The summed E-state index contributed by atoms with van der Waals surface area (Å²) in [5.41, 5.74) is 3.52. The standard InChI is InChI=1S/C11H16O2/c1-9-3-2-4-10(5-7-12)11(9)6-8-13/h2-4,12-13H,5-8H2,1H3. The van der Waals surface area contributed by atoms with Crippen molar-refractivity contribution in [1.29, 1.82) is 0 Å². The van der Waals surface area contributed by atoms with Crippen LogP contribution in [-0.2, 0) is 12.8 Å². The van der Waals surface area contributed by atoms with E-state index < -0.39 is 0 Å². The Morgan fingerprint density at radius 2 is 1.77 bits per heavy atom. The van der Waals surface area contributed by atoms with Gasteiger partial charge in [0.15, 0.2) is 0 Å². The number of aliphatic hydroxyl groups is 2. The second-order valence-electron chi connectivity index (χ2n) is 3.16. The molecule has 72 valence electrons. The number of aryl methyl sites for hydroxylation is 1. The molecule has 0 saturated carbocycles. The summed E-state index contributed by atoms with van der Waals surface area (Å²) < 4.78 is 0. The maximum Gasteiger partial charge on any atom is 0.0471 e. The van der Waals surface area contributed by atoms with Crippen LogP contribution in [0.4, 0.5) is 0 Å². The topological polar surface area (TPSA) is 40.5 Å². The summed E-state index contributed by atoms with van der Waals surface area (Å²) in [5.74, 6) is 0. The summed E-state index contributed by atoms with van der Waals surface area (Å²) in [5, 5.41) is 17.7. The van der Waals surface area contributed by atoms with Crippen molar-refractivity contribution >= 4 is 0 Å². The van der Waals surface area contributed by atoms with Crippen molar-refractivity contribution in [3.05, 3.63) is 34.9 Å². The van der Waals surface area contributed by atoms with Gasteiger partial charge in [0, 0.05) is 13.2 Å². The molecular formula is C11H16O2. The minimum Gasteiger partial charge on any atom is -0.396 e. The molecule has 2 N–H and O–H groups in total. The van der Waals surface area contributed by atoms with Gasteiger partial charge in [-0.1, -0.05) is 18.2 Å². The van der Waals surface area contributed by atoms with Crippen LogP contribution in [-0.4, -0.2) is 23.4 Å². The molecule has 0 aliphatic heterocycles. The quantitative estimate of drug-likeness (QED) is 0.727. The van der Waals surface area contributed by atoms with Gasteiger partial charge in [-0.2, -0.15) is 0 Å². The maximum absolute atomic E-state index is 8.87. The Balaban J connectivity index is 2.95. The lowest BCUT2D eigenvalue weighted by molar-refractivity contribution is 0.293. The van der Waals surface area contributed by atoms with Gasteiger partial charge in [0.2, 0.25) is 0 Å². The molecule has 0 fully saturated rings. The van der Waals surface area contributed by atoms with E-state index in [1.165, 1.54) is 11.1 Å². The minimum atomic E-state index is 0.169. The van der Waals surface area contributed by atoms with Gasteiger partial charge in [-0.3, -0.25) is 0 Å². The molecule has 0 atom stereocenters. The molecule has 1 aromatic rings. The van der Waals surface area contributed by atoms with Gasteiger partial charge in [0.25, 0.3) is 0 Å². The van der Waals surface area contributed by atoms with Crippen molar-refractivity contribution in [3.63, 3.8) is 0 Å². The first kappa shape index (κ1) is 10.2. The van der Waals surface area contributed by atoms with E-state index in [0.717, 1.165) is 5.56 Å². The van der Waals surface area contributed by atoms with Crippen LogP contribution in [0.5, 0.6) is 0 Å². The van der Waals surface area contributed by atoms with E-state index in [4.69, 9.17) is 10.2 Å². The van der Waals surface area contributed by atoms with Crippen LogP contribution in [0.2, 0.25) is 0 Å². The predicted octanol–water partition coefficient (Wildman–Crippen LogP) is 1.06. The molecule has 0 amide bonds. The molecule has 0 aromatic heterocycles. The van der Waals surface area contributed by atoms with Crippen molar-refractivity contribution < 1.29 is 10.2 Å². The predicted molar refractivity (Wildman–Crippen MR) is 52.8 cm³/mol. The van der Waals surface area contributed by atoms with Crippen LogP contribution in [0.15, 0.2) is 18.2 Å². The van der Waals surface area contributed by atoms with Gasteiger partial charge >= 0.3 is 0 Å². The third-order valence-corrected chi connectivity index (χ3v) is 2.25. The van der Waals surface area contributed by atoms with Crippen LogP contribution >= 0.6 is 0 Å². The summed E-state index contributed by atoms with van der Waals surface area (Å²) in [6, 6.07) is 6.03. The van der Waals surface area contributed by atoms with E-state index in [-0.39, 0.29) is 13.2 Å². The number of hydrogen-bond acceptors (Lipinski definition) is 2. The second kappa shape index (κ2) is 5.00. The first-order valence-electron chi connectivity index (χ1n) is 4.58. The van der Waals surface area contributed by atoms with Crippen molar-refractivity contribution in [1.82, 2.24) is 0 Å². The number of benzene rings is 1. The van der Waals surface area contributed by atoms with E-state index in [9.17, 15) is 0 Å². The first-order chi connectivity index (χ1) is 6.29. The van der Waals surface area contributed by atoms with Crippen LogP contribution in [0, 0.1) is 6.92 Å². The fourth-order valence-corrected chi connectivity index (χ4v) is 1.59. The maximum atomic E-state index is 8.87. The fourth-order valence-electron chi connectivity index (χ4n) is 1.59. The summed E-state index contributed by atoms with van der Waals surface area (Å²) in [7, 11) is 0. The molecule has 0 aliphatic carbocycles. The summed E-state index contributed by atoms with van der Waals surface area (Å²) in [6.07, 6.45) is 1.36. The van der Waals surface area contributed by atoms with Crippen molar-refractivity contribution in [3.8, 4) is 0 Å². The Labute approximate surface area is 78.8 Å². The number of aliphatic hydroxyl groups excluding tert-OH is 2.